The fourth-order valence-corrected chi connectivity index (χ4v) is 4.38. The lowest BCUT2D eigenvalue weighted by atomic mass is 10.2. The quantitative estimate of drug-likeness (QED) is 0.807. The van der Waals surface area contributed by atoms with Crippen molar-refractivity contribution in [3.05, 3.63) is 29.7 Å². The number of fused-ring (bicyclic) bond motifs is 1. The summed E-state index contributed by atoms with van der Waals surface area (Å²) in [5.41, 5.74) is 2.52. The Bertz CT molecular complexity index is 842. The Morgan fingerprint density at radius 2 is 2.16 bits per heavy atom. The van der Waals surface area contributed by atoms with Crippen molar-refractivity contribution < 1.29 is 13.9 Å². The predicted octanol–water partition coefficient (Wildman–Crippen LogP) is 4.04. The second-order valence-corrected chi connectivity index (χ2v) is 7.54. The van der Waals surface area contributed by atoms with E-state index in [-0.39, 0.29) is 11.8 Å². The molecule has 0 amide bonds. The van der Waals surface area contributed by atoms with Crippen LogP contribution in [0.3, 0.4) is 0 Å². The maximum atomic E-state index is 14.0. The minimum absolute atomic E-state index is 0.252. The SMILES string of the molecule is CC(=O)O[C@@H]1CSC(c2cc3cc(F)cc(NC4CCCC4)c3[nH]2)=N1. The minimum atomic E-state index is -0.447. The van der Waals surface area contributed by atoms with Crippen molar-refractivity contribution in [2.75, 3.05) is 11.1 Å². The lowest BCUT2D eigenvalue weighted by Crippen LogP contribution is -2.14. The summed E-state index contributed by atoms with van der Waals surface area (Å²) in [4.78, 5) is 18.9. The van der Waals surface area contributed by atoms with Crippen LogP contribution in [0, 0.1) is 5.82 Å². The lowest BCUT2D eigenvalue weighted by Gasteiger charge is -2.14. The first-order chi connectivity index (χ1) is 12.1. The third-order valence-corrected chi connectivity index (χ3v) is 5.61. The van der Waals surface area contributed by atoms with E-state index in [9.17, 15) is 9.18 Å². The molecule has 0 bridgehead atoms. The molecule has 2 heterocycles. The zero-order valence-corrected chi connectivity index (χ0v) is 14.8. The van der Waals surface area contributed by atoms with Gasteiger partial charge < -0.3 is 15.0 Å². The number of hydrogen-bond acceptors (Lipinski definition) is 5. The van der Waals surface area contributed by atoms with Gasteiger partial charge in [-0.3, -0.25) is 4.79 Å². The van der Waals surface area contributed by atoms with E-state index in [4.69, 9.17) is 4.74 Å². The smallest absolute Gasteiger partial charge is 0.304 e. The summed E-state index contributed by atoms with van der Waals surface area (Å²) in [7, 11) is 0. The Labute approximate surface area is 149 Å². The van der Waals surface area contributed by atoms with Gasteiger partial charge in [-0.05, 0) is 31.0 Å². The maximum absolute atomic E-state index is 14.0. The molecule has 1 saturated carbocycles. The molecule has 1 atom stereocenters. The molecule has 1 aliphatic carbocycles. The number of halogens is 1. The number of nitrogens with zero attached hydrogens (tertiary/aromatic N) is 1. The average Bonchev–Trinajstić information content (AvgIpc) is 3.26. The molecule has 4 rings (SSSR count). The average molecular weight is 361 g/mol. The van der Waals surface area contributed by atoms with Crippen LogP contribution in [-0.2, 0) is 9.53 Å². The number of carbonyl (C=O) groups is 1. The van der Waals surface area contributed by atoms with Crippen molar-refractivity contribution in [3.8, 4) is 0 Å². The van der Waals surface area contributed by atoms with Crippen molar-refractivity contribution in [2.24, 2.45) is 4.99 Å². The number of nitrogens with one attached hydrogen (secondary N) is 2. The molecule has 7 heteroatoms. The number of carbonyl (C=O) groups excluding carboxylic acids is 1. The molecule has 1 aliphatic heterocycles. The summed E-state index contributed by atoms with van der Waals surface area (Å²) in [6, 6.07) is 5.38. The highest BCUT2D eigenvalue weighted by atomic mass is 32.2. The third-order valence-electron chi connectivity index (χ3n) is 4.56. The van der Waals surface area contributed by atoms with Crippen LogP contribution in [0.2, 0.25) is 0 Å². The molecule has 0 saturated heterocycles. The molecule has 2 aromatic rings. The number of anilines is 1. The van der Waals surface area contributed by atoms with Gasteiger partial charge in [0, 0.05) is 18.4 Å². The summed E-state index contributed by atoms with van der Waals surface area (Å²) >= 11 is 1.53. The highest BCUT2D eigenvalue weighted by Gasteiger charge is 2.24. The number of thioether (sulfide) groups is 1. The van der Waals surface area contributed by atoms with Crippen LogP contribution in [0.4, 0.5) is 10.1 Å². The molecule has 5 nitrogen and oxygen atoms in total. The van der Waals surface area contributed by atoms with Crippen molar-refractivity contribution in [1.82, 2.24) is 4.98 Å². The van der Waals surface area contributed by atoms with Crippen molar-refractivity contribution >= 4 is 39.4 Å². The first kappa shape index (κ1) is 16.4. The molecule has 1 aromatic heterocycles. The van der Waals surface area contributed by atoms with Crippen LogP contribution in [0.5, 0.6) is 0 Å². The molecular weight excluding hydrogens is 341 g/mol. The van der Waals surface area contributed by atoms with E-state index >= 15 is 0 Å². The Hall–Kier alpha value is -2.02. The van der Waals surface area contributed by atoms with Crippen molar-refractivity contribution in [3.63, 3.8) is 0 Å². The number of aromatic nitrogens is 1. The van der Waals surface area contributed by atoms with Gasteiger partial charge in [-0.25, -0.2) is 9.38 Å². The van der Waals surface area contributed by atoms with Gasteiger partial charge in [-0.15, -0.1) is 0 Å². The summed E-state index contributed by atoms with van der Waals surface area (Å²) < 4.78 is 19.2. The zero-order chi connectivity index (χ0) is 17.4. The van der Waals surface area contributed by atoms with Crippen LogP contribution in [0.15, 0.2) is 23.2 Å². The van der Waals surface area contributed by atoms with E-state index in [1.807, 2.05) is 6.07 Å². The van der Waals surface area contributed by atoms with Gasteiger partial charge in [0.1, 0.15) is 10.9 Å². The highest BCUT2D eigenvalue weighted by Crippen LogP contribution is 2.32. The first-order valence-corrected chi connectivity index (χ1v) is 9.54. The number of aromatic amines is 1. The van der Waals surface area contributed by atoms with Gasteiger partial charge in [-0.2, -0.15) is 0 Å². The van der Waals surface area contributed by atoms with E-state index in [2.05, 4.69) is 15.3 Å². The lowest BCUT2D eigenvalue weighted by molar-refractivity contribution is -0.144. The third kappa shape index (κ3) is 3.51. The summed E-state index contributed by atoms with van der Waals surface area (Å²) in [6.07, 6.45) is 4.24. The monoisotopic (exact) mass is 361 g/mol. The standard InChI is InChI=1S/C18H20FN3O2S/c1-10(23)24-16-9-25-18(22-16)15-7-11-6-12(19)8-14(17(11)21-15)20-13-4-2-3-5-13/h6-8,13,16,20-21H,2-5,9H2,1H3/t16-/m1/s1. The van der Waals surface area contributed by atoms with Crippen LogP contribution in [-0.4, -0.2) is 34.0 Å². The molecule has 132 valence electrons. The largest absolute Gasteiger partial charge is 0.439 e. The second-order valence-electron chi connectivity index (χ2n) is 6.54. The number of H-pyrrole nitrogens is 1. The number of esters is 1. The molecule has 0 spiro atoms. The van der Waals surface area contributed by atoms with Crippen LogP contribution >= 0.6 is 11.8 Å². The molecule has 2 N–H and O–H groups in total. The molecule has 2 aliphatic rings. The van der Waals surface area contributed by atoms with Gasteiger partial charge in [0.15, 0.2) is 0 Å². The molecule has 25 heavy (non-hydrogen) atoms. The van der Waals surface area contributed by atoms with Gasteiger partial charge in [0.2, 0.25) is 6.23 Å². The molecule has 0 unspecified atom stereocenters. The number of rotatable bonds is 4. The van der Waals surface area contributed by atoms with Gasteiger partial charge in [-0.1, -0.05) is 24.6 Å². The van der Waals surface area contributed by atoms with E-state index in [0.29, 0.717) is 11.8 Å². The Kier molecular flexibility index (Phi) is 4.41. The number of benzene rings is 1. The van der Waals surface area contributed by atoms with E-state index in [0.717, 1.165) is 40.2 Å². The Morgan fingerprint density at radius 3 is 2.92 bits per heavy atom. The van der Waals surface area contributed by atoms with Crippen LogP contribution in [0.25, 0.3) is 10.9 Å². The normalized spacial score (nSPS) is 20.9. The molecule has 0 radical (unpaired) electrons. The number of ether oxygens (including phenoxy) is 1. The van der Waals surface area contributed by atoms with Gasteiger partial charge in [0.05, 0.1) is 22.7 Å². The maximum Gasteiger partial charge on any atom is 0.304 e. The fraction of sp³-hybridized carbons (Fsp3) is 0.444. The van der Waals surface area contributed by atoms with E-state index < -0.39 is 6.23 Å². The van der Waals surface area contributed by atoms with Gasteiger partial charge >= 0.3 is 5.97 Å². The minimum Gasteiger partial charge on any atom is -0.439 e. The second kappa shape index (κ2) is 6.71. The summed E-state index contributed by atoms with van der Waals surface area (Å²) in [5, 5.41) is 5.08. The summed E-state index contributed by atoms with van der Waals surface area (Å²) in [5.74, 6) is 0.0148. The summed E-state index contributed by atoms with van der Waals surface area (Å²) in [6.45, 7) is 1.38. The first-order valence-electron chi connectivity index (χ1n) is 8.55. The highest BCUT2D eigenvalue weighted by molar-refractivity contribution is 8.14. The van der Waals surface area contributed by atoms with Crippen LogP contribution in [0.1, 0.15) is 38.3 Å². The molecule has 1 aromatic carbocycles. The van der Waals surface area contributed by atoms with Gasteiger partial charge in [0.25, 0.3) is 0 Å². The Balaban J connectivity index is 1.64. The fourth-order valence-electron chi connectivity index (χ4n) is 3.48. The topological polar surface area (TPSA) is 66.5 Å². The molecular formula is C18H20FN3O2S. The zero-order valence-electron chi connectivity index (χ0n) is 14.0. The number of aliphatic imine (C=N–C) groups is 1. The van der Waals surface area contributed by atoms with Crippen molar-refractivity contribution in [1.29, 1.82) is 0 Å². The van der Waals surface area contributed by atoms with Crippen LogP contribution < -0.4 is 5.32 Å². The van der Waals surface area contributed by atoms with E-state index in [1.54, 1.807) is 6.07 Å². The molecule has 1 fully saturated rings. The Morgan fingerprint density at radius 1 is 1.36 bits per heavy atom. The van der Waals surface area contributed by atoms with E-state index in [1.165, 1.54) is 37.6 Å². The predicted molar refractivity (Wildman–Crippen MR) is 98.7 cm³/mol. The van der Waals surface area contributed by atoms with Crippen molar-refractivity contribution in [2.45, 2.75) is 44.9 Å². The number of hydrogen-bond donors (Lipinski definition) is 2.